The van der Waals surface area contributed by atoms with Gasteiger partial charge < -0.3 is 35.5 Å². The van der Waals surface area contributed by atoms with Gasteiger partial charge in [-0.25, -0.2) is 13.2 Å². The summed E-state index contributed by atoms with van der Waals surface area (Å²) in [6, 6.07) is 8.81. The van der Waals surface area contributed by atoms with Crippen molar-refractivity contribution in [2.75, 3.05) is 20.3 Å². The van der Waals surface area contributed by atoms with Gasteiger partial charge in [-0.2, -0.15) is 8.78 Å². The largest absolute Gasteiger partial charge is 0.496 e. The van der Waals surface area contributed by atoms with Gasteiger partial charge in [0.1, 0.15) is 29.9 Å². The van der Waals surface area contributed by atoms with Crippen LogP contribution in [0.3, 0.4) is 0 Å². The highest BCUT2D eigenvalue weighted by Crippen LogP contribution is 2.30. The number of rotatable bonds is 14. The van der Waals surface area contributed by atoms with Crippen molar-refractivity contribution >= 4 is 34.4 Å². The van der Waals surface area contributed by atoms with Crippen LogP contribution in [0.2, 0.25) is 0 Å². The number of halogens is 5. The Morgan fingerprint density at radius 3 is 2.32 bits per heavy atom. The van der Waals surface area contributed by atoms with Gasteiger partial charge in [0.2, 0.25) is 23.4 Å². The van der Waals surface area contributed by atoms with Gasteiger partial charge in [-0.1, -0.05) is 18.2 Å². The minimum atomic E-state index is -2.00. The van der Waals surface area contributed by atoms with Gasteiger partial charge >= 0.3 is 0 Å². The molecule has 50 heavy (non-hydrogen) atoms. The summed E-state index contributed by atoms with van der Waals surface area (Å²) in [5.41, 5.74) is -0.388. The zero-order chi connectivity index (χ0) is 36.1. The molecule has 5 rings (SSSR count). The quantitative estimate of drug-likeness (QED) is 0.0996. The first-order valence-corrected chi connectivity index (χ1v) is 15.3. The summed E-state index contributed by atoms with van der Waals surface area (Å²) >= 11 is 0. The standard InChI is InChI=1S/C34H31F5N4O7/c1-49-26-7-3-6-21-19(26)13-24(41-21)34(48)43-23(11-16-4-2-5-18(35)10-16)33(47)42-22(12-17-8-9-40-32(17)46)25(45)15-50-31-29(38)27(36)20(14-44)28(37)30(31)39/h2-7,10,13,17,22-23,41,44H,8-9,11-12,14-15H2,1H3,(H,40,46)(H,42,47)(H,43,48)/t17-,22-,23?/m0/s1. The Morgan fingerprint density at radius 1 is 0.960 bits per heavy atom. The van der Waals surface area contributed by atoms with E-state index in [0.717, 1.165) is 6.07 Å². The molecule has 1 saturated heterocycles. The van der Waals surface area contributed by atoms with E-state index in [1.807, 2.05) is 0 Å². The number of aromatic amines is 1. The molecule has 5 N–H and O–H groups in total. The topological polar surface area (TPSA) is 159 Å². The zero-order valence-electron chi connectivity index (χ0n) is 26.4. The fourth-order valence-electron chi connectivity index (χ4n) is 5.64. The van der Waals surface area contributed by atoms with Crippen LogP contribution in [0, 0.1) is 35.0 Å². The van der Waals surface area contributed by atoms with Crippen molar-refractivity contribution in [1.82, 2.24) is 20.9 Å². The Kier molecular flexibility index (Phi) is 11.0. The summed E-state index contributed by atoms with van der Waals surface area (Å²) in [5, 5.41) is 17.2. The Labute approximate surface area is 281 Å². The number of aliphatic hydroxyl groups is 1. The van der Waals surface area contributed by atoms with Crippen LogP contribution >= 0.6 is 0 Å². The van der Waals surface area contributed by atoms with Crippen molar-refractivity contribution in [2.24, 2.45) is 5.92 Å². The first-order chi connectivity index (χ1) is 23.9. The summed E-state index contributed by atoms with van der Waals surface area (Å²) in [4.78, 5) is 55.9. The molecule has 1 aromatic heterocycles. The van der Waals surface area contributed by atoms with E-state index < -0.39 is 95.1 Å². The van der Waals surface area contributed by atoms with Crippen LogP contribution in [0.1, 0.15) is 34.5 Å². The molecule has 1 aliphatic heterocycles. The normalized spacial score (nSPS) is 15.3. The van der Waals surface area contributed by atoms with E-state index in [9.17, 15) is 41.1 Å². The number of methoxy groups -OCH3 is 1. The summed E-state index contributed by atoms with van der Waals surface area (Å²) in [6.45, 7) is -2.29. The number of nitrogens with one attached hydrogen (secondary N) is 4. The SMILES string of the molecule is COc1cccc2[nH]c(C(=O)NC(Cc3cccc(F)c3)C(=O)N[C@@H](C[C@@H]3CCNC3=O)C(=O)COc3c(F)c(F)c(CO)c(F)c3F)cc12. The lowest BCUT2D eigenvalue weighted by Gasteiger charge is -2.24. The molecule has 3 aromatic carbocycles. The van der Waals surface area contributed by atoms with E-state index in [1.54, 1.807) is 18.2 Å². The summed E-state index contributed by atoms with van der Waals surface area (Å²) in [7, 11) is 1.45. The molecule has 0 spiro atoms. The second kappa shape index (κ2) is 15.4. The number of H-pyrrole nitrogens is 1. The molecule has 16 heteroatoms. The van der Waals surface area contributed by atoms with Crippen LogP contribution in [0.5, 0.6) is 11.5 Å². The third-order valence-electron chi connectivity index (χ3n) is 8.26. The van der Waals surface area contributed by atoms with Gasteiger partial charge in [-0.05, 0) is 48.7 Å². The van der Waals surface area contributed by atoms with E-state index >= 15 is 0 Å². The van der Waals surface area contributed by atoms with Crippen molar-refractivity contribution in [3.8, 4) is 11.5 Å². The number of hydrogen-bond acceptors (Lipinski definition) is 7. The monoisotopic (exact) mass is 702 g/mol. The lowest BCUT2D eigenvalue weighted by Crippen LogP contribution is -2.53. The number of amides is 3. The van der Waals surface area contributed by atoms with Gasteiger partial charge in [0.05, 0.1) is 25.3 Å². The predicted molar refractivity (Wildman–Crippen MR) is 167 cm³/mol. The molecule has 4 aromatic rings. The molecule has 1 unspecified atom stereocenters. The van der Waals surface area contributed by atoms with E-state index in [4.69, 9.17) is 14.6 Å². The number of ether oxygens (including phenoxy) is 2. The first-order valence-electron chi connectivity index (χ1n) is 15.3. The third kappa shape index (κ3) is 7.70. The van der Waals surface area contributed by atoms with Crippen molar-refractivity contribution in [2.45, 2.75) is 38.0 Å². The molecule has 0 saturated carbocycles. The Bertz CT molecular complexity index is 1920. The Balaban J connectivity index is 1.40. The van der Waals surface area contributed by atoms with Crippen molar-refractivity contribution < 1.29 is 55.7 Å². The Hall–Kier alpha value is -5.51. The minimum Gasteiger partial charge on any atom is -0.496 e. The lowest BCUT2D eigenvalue weighted by molar-refractivity contribution is -0.131. The maximum atomic E-state index is 14.5. The van der Waals surface area contributed by atoms with Crippen molar-refractivity contribution in [3.63, 3.8) is 0 Å². The number of fused-ring (bicyclic) bond motifs is 1. The number of aromatic nitrogens is 1. The number of ketones is 1. The average Bonchev–Trinajstić information content (AvgIpc) is 3.72. The average molecular weight is 703 g/mol. The highest BCUT2D eigenvalue weighted by molar-refractivity contribution is 6.02. The second-order valence-electron chi connectivity index (χ2n) is 11.5. The number of carbonyl (C=O) groups excluding carboxylic acids is 4. The van der Waals surface area contributed by atoms with Crippen molar-refractivity contribution in [1.29, 1.82) is 0 Å². The van der Waals surface area contributed by atoms with Gasteiger partial charge in [0, 0.05) is 29.8 Å². The fraction of sp³-hybridized carbons (Fsp3) is 0.294. The van der Waals surface area contributed by atoms with Crippen LogP contribution in [0.15, 0.2) is 48.5 Å². The molecule has 3 atom stereocenters. The van der Waals surface area contributed by atoms with E-state index in [0.29, 0.717) is 22.2 Å². The van der Waals surface area contributed by atoms with Crippen LogP contribution in [0.25, 0.3) is 10.9 Å². The van der Waals surface area contributed by atoms with Gasteiger partial charge in [0.15, 0.2) is 23.2 Å². The van der Waals surface area contributed by atoms with Crippen LogP contribution in [-0.4, -0.2) is 65.9 Å². The number of benzene rings is 3. The first kappa shape index (κ1) is 35.8. The van der Waals surface area contributed by atoms with E-state index in [-0.39, 0.29) is 31.5 Å². The lowest BCUT2D eigenvalue weighted by atomic mass is 9.95. The third-order valence-corrected chi connectivity index (χ3v) is 8.26. The predicted octanol–water partition coefficient (Wildman–Crippen LogP) is 3.36. The molecule has 264 valence electrons. The zero-order valence-corrected chi connectivity index (χ0v) is 26.4. The molecule has 1 aliphatic rings. The number of aliphatic hydroxyl groups excluding tert-OH is 1. The molecule has 0 aliphatic carbocycles. The van der Waals surface area contributed by atoms with Crippen molar-refractivity contribution in [3.05, 3.63) is 94.4 Å². The molecule has 1 fully saturated rings. The summed E-state index contributed by atoms with van der Waals surface area (Å²) in [6.07, 6.45) is -0.291. The molecular weight excluding hydrogens is 671 g/mol. The number of hydrogen-bond donors (Lipinski definition) is 5. The molecule has 2 heterocycles. The maximum absolute atomic E-state index is 14.5. The van der Waals surface area contributed by atoms with Crippen LogP contribution in [-0.2, 0) is 27.4 Å². The number of Topliss-reactive ketones (excluding diaryl/α,β-unsaturated/α-hetero) is 1. The number of carbonyl (C=O) groups is 4. The van der Waals surface area contributed by atoms with E-state index in [2.05, 4.69) is 20.9 Å². The fourth-order valence-corrected chi connectivity index (χ4v) is 5.64. The second-order valence-corrected chi connectivity index (χ2v) is 11.5. The molecule has 11 nitrogen and oxygen atoms in total. The highest BCUT2D eigenvalue weighted by atomic mass is 19.2. The van der Waals surface area contributed by atoms with Crippen LogP contribution in [0.4, 0.5) is 22.0 Å². The molecule has 3 amide bonds. The smallest absolute Gasteiger partial charge is 0.268 e. The Morgan fingerprint density at radius 2 is 1.68 bits per heavy atom. The summed E-state index contributed by atoms with van der Waals surface area (Å²) < 4.78 is 81.7. The summed E-state index contributed by atoms with van der Waals surface area (Å²) in [5.74, 6) is -13.5. The maximum Gasteiger partial charge on any atom is 0.268 e. The minimum absolute atomic E-state index is 0.0425. The van der Waals surface area contributed by atoms with Gasteiger partial charge in [-0.3, -0.25) is 19.2 Å². The van der Waals surface area contributed by atoms with Crippen LogP contribution < -0.4 is 25.4 Å². The van der Waals surface area contributed by atoms with Gasteiger partial charge in [-0.15, -0.1) is 0 Å². The van der Waals surface area contributed by atoms with Gasteiger partial charge in [0.25, 0.3) is 5.91 Å². The molecule has 0 radical (unpaired) electrons. The highest BCUT2D eigenvalue weighted by Gasteiger charge is 2.34. The molecule has 0 bridgehead atoms. The van der Waals surface area contributed by atoms with E-state index in [1.165, 1.54) is 31.4 Å². The molecular formula is C34H31F5N4O7.